The molecule has 1 heterocycles. The predicted octanol–water partition coefficient (Wildman–Crippen LogP) is 2.17. The van der Waals surface area contributed by atoms with Gasteiger partial charge in [0.15, 0.2) is 0 Å². The average molecular weight is 195 g/mol. The Balaban J connectivity index is 2.89. The highest BCUT2D eigenvalue weighted by Crippen LogP contribution is 2.15. The molecule has 0 amide bonds. The van der Waals surface area contributed by atoms with Crippen LogP contribution in [-0.4, -0.2) is 11.6 Å². The molecule has 0 spiro atoms. The number of hydrogen-bond donors (Lipinski definition) is 0. The molecule has 0 atom stereocenters. The fourth-order valence-electron chi connectivity index (χ4n) is 0.756. The highest BCUT2D eigenvalue weighted by atomic mass is 35.5. The molecule has 0 aromatic carbocycles. The Kier molecular flexibility index (Phi) is 3.30. The van der Waals surface area contributed by atoms with Gasteiger partial charge in [-0.1, -0.05) is 24.3 Å². The van der Waals surface area contributed by atoms with Gasteiger partial charge in [0, 0.05) is 6.07 Å². The third-order valence-corrected chi connectivity index (χ3v) is 1.44. The average Bonchev–Trinajstić information content (AvgIpc) is 2.14. The summed E-state index contributed by atoms with van der Waals surface area (Å²) in [6.07, 6.45) is 1.59. The Hall–Kier alpha value is -1.53. The van der Waals surface area contributed by atoms with E-state index >= 15 is 0 Å². The molecule has 0 aliphatic rings. The monoisotopic (exact) mass is 194 g/mol. The Morgan fingerprint density at radius 2 is 2.46 bits per heavy atom. The number of rotatable bonds is 3. The molecular formula is C9H7ClN2O. The summed E-state index contributed by atoms with van der Waals surface area (Å²) in [4.78, 5) is 3.86. The zero-order valence-corrected chi connectivity index (χ0v) is 7.58. The second kappa shape index (κ2) is 4.48. The fraction of sp³-hybridized carbons (Fsp3) is 0.111. The summed E-state index contributed by atoms with van der Waals surface area (Å²) >= 11 is 5.64. The summed E-state index contributed by atoms with van der Waals surface area (Å²) in [6, 6.07) is 4.95. The number of nitrogens with zero attached hydrogens (tertiary/aromatic N) is 2. The van der Waals surface area contributed by atoms with Crippen molar-refractivity contribution in [2.24, 2.45) is 0 Å². The summed E-state index contributed by atoms with van der Waals surface area (Å²) < 4.78 is 5.11. The van der Waals surface area contributed by atoms with E-state index in [0.29, 0.717) is 18.1 Å². The van der Waals surface area contributed by atoms with Gasteiger partial charge in [0.05, 0.1) is 11.6 Å². The lowest BCUT2D eigenvalue weighted by molar-refractivity contribution is 0.348. The molecule has 1 aromatic rings. The van der Waals surface area contributed by atoms with Gasteiger partial charge in [-0.25, -0.2) is 4.98 Å². The number of halogens is 1. The molecular weight excluding hydrogens is 188 g/mol. The summed E-state index contributed by atoms with van der Waals surface area (Å²) in [6.45, 7) is 3.84. The first-order valence-corrected chi connectivity index (χ1v) is 3.95. The van der Waals surface area contributed by atoms with E-state index in [0.717, 1.165) is 0 Å². The van der Waals surface area contributed by atoms with Gasteiger partial charge in [0.25, 0.3) is 0 Å². The summed E-state index contributed by atoms with van der Waals surface area (Å²) in [5, 5.41) is 8.85. The van der Waals surface area contributed by atoms with Crippen molar-refractivity contribution in [2.45, 2.75) is 0 Å². The molecule has 0 aliphatic carbocycles. The van der Waals surface area contributed by atoms with E-state index in [1.165, 1.54) is 12.1 Å². The van der Waals surface area contributed by atoms with Gasteiger partial charge in [-0.05, 0) is 6.07 Å². The molecule has 1 rings (SSSR count). The number of pyridine rings is 1. The molecule has 1 aromatic heterocycles. The Morgan fingerprint density at radius 1 is 1.69 bits per heavy atom. The van der Waals surface area contributed by atoms with E-state index in [1.807, 2.05) is 6.07 Å². The zero-order chi connectivity index (χ0) is 9.68. The lowest BCUT2D eigenvalue weighted by atomic mass is 10.3. The van der Waals surface area contributed by atoms with E-state index in [2.05, 4.69) is 11.6 Å². The molecule has 0 bridgehead atoms. The molecule has 0 fully saturated rings. The second-order valence-electron chi connectivity index (χ2n) is 2.23. The van der Waals surface area contributed by atoms with Crippen LogP contribution >= 0.6 is 11.6 Å². The minimum atomic E-state index is 0.248. The van der Waals surface area contributed by atoms with Crippen LogP contribution in [0.2, 0.25) is 5.15 Å². The molecule has 0 N–H and O–H groups in total. The van der Waals surface area contributed by atoms with Crippen molar-refractivity contribution < 1.29 is 4.74 Å². The van der Waals surface area contributed by atoms with Gasteiger partial charge < -0.3 is 4.74 Å². The fourth-order valence-corrected chi connectivity index (χ4v) is 0.956. The van der Waals surface area contributed by atoms with Crippen molar-refractivity contribution in [3.63, 3.8) is 0 Å². The number of hydrogen-bond acceptors (Lipinski definition) is 3. The van der Waals surface area contributed by atoms with Crippen molar-refractivity contribution in [1.29, 1.82) is 5.26 Å². The summed E-state index contributed by atoms with van der Waals surface area (Å²) in [7, 11) is 0. The number of aromatic nitrogens is 1. The topological polar surface area (TPSA) is 45.9 Å². The number of nitriles is 1. The van der Waals surface area contributed by atoms with Gasteiger partial charge in [0.2, 0.25) is 5.88 Å². The van der Waals surface area contributed by atoms with Crippen molar-refractivity contribution in [2.75, 3.05) is 6.61 Å². The van der Waals surface area contributed by atoms with E-state index < -0.39 is 0 Å². The van der Waals surface area contributed by atoms with Gasteiger partial charge >= 0.3 is 0 Å². The van der Waals surface area contributed by atoms with Crippen LogP contribution in [0.5, 0.6) is 5.88 Å². The molecule has 0 radical (unpaired) electrons. The Labute approximate surface area is 81.2 Å². The quantitative estimate of drug-likeness (QED) is 0.547. The van der Waals surface area contributed by atoms with E-state index in [1.54, 1.807) is 6.08 Å². The van der Waals surface area contributed by atoms with Crippen LogP contribution < -0.4 is 4.74 Å². The molecule has 0 saturated carbocycles. The Bertz CT molecular complexity index is 357. The minimum absolute atomic E-state index is 0.248. The third-order valence-electron chi connectivity index (χ3n) is 1.25. The van der Waals surface area contributed by atoms with Crippen LogP contribution in [0.3, 0.4) is 0 Å². The lowest BCUT2D eigenvalue weighted by Gasteiger charge is -2.01. The standard InChI is InChI=1S/C9H7ClN2O/c1-2-3-13-9-5-7(6-11)4-8(10)12-9/h2,4-5H,1,3H2. The summed E-state index contributed by atoms with van der Waals surface area (Å²) in [5.41, 5.74) is 0.430. The normalized spacial score (nSPS) is 8.92. The highest BCUT2D eigenvalue weighted by Gasteiger charge is 2.00. The molecule has 4 heteroatoms. The van der Waals surface area contributed by atoms with Crippen molar-refractivity contribution in [3.05, 3.63) is 35.5 Å². The first kappa shape index (κ1) is 9.56. The lowest BCUT2D eigenvalue weighted by Crippen LogP contribution is -1.96. The van der Waals surface area contributed by atoms with E-state index in [4.69, 9.17) is 21.6 Å². The maximum Gasteiger partial charge on any atom is 0.216 e. The maximum atomic E-state index is 8.60. The highest BCUT2D eigenvalue weighted by molar-refractivity contribution is 6.29. The van der Waals surface area contributed by atoms with Crippen LogP contribution in [0.25, 0.3) is 0 Å². The van der Waals surface area contributed by atoms with Gasteiger partial charge in [-0.2, -0.15) is 5.26 Å². The van der Waals surface area contributed by atoms with Crippen molar-refractivity contribution in [1.82, 2.24) is 4.98 Å². The zero-order valence-electron chi connectivity index (χ0n) is 6.83. The molecule has 3 nitrogen and oxygen atoms in total. The number of ether oxygens (including phenoxy) is 1. The summed E-state index contributed by atoms with van der Waals surface area (Å²) in [5.74, 6) is 0.337. The predicted molar refractivity (Wildman–Crippen MR) is 49.7 cm³/mol. The third kappa shape index (κ3) is 2.77. The Morgan fingerprint density at radius 3 is 3.08 bits per heavy atom. The SMILES string of the molecule is C=CCOc1cc(C#N)cc(Cl)n1. The first-order chi connectivity index (χ1) is 6.26. The molecule has 13 heavy (non-hydrogen) atoms. The van der Waals surface area contributed by atoms with Gasteiger partial charge in [-0.3, -0.25) is 0 Å². The molecule has 66 valence electrons. The first-order valence-electron chi connectivity index (χ1n) is 3.57. The molecule has 0 unspecified atom stereocenters. The van der Waals surface area contributed by atoms with E-state index in [9.17, 15) is 0 Å². The van der Waals surface area contributed by atoms with Crippen LogP contribution in [0, 0.1) is 11.3 Å². The van der Waals surface area contributed by atoms with Crippen LogP contribution in [-0.2, 0) is 0 Å². The van der Waals surface area contributed by atoms with Crippen molar-refractivity contribution >= 4 is 11.6 Å². The van der Waals surface area contributed by atoms with Crippen LogP contribution in [0.1, 0.15) is 5.56 Å². The largest absolute Gasteiger partial charge is 0.473 e. The molecule has 0 aliphatic heterocycles. The van der Waals surface area contributed by atoms with Crippen LogP contribution in [0.15, 0.2) is 24.8 Å². The van der Waals surface area contributed by atoms with Crippen LogP contribution in [0.4, 0.5) is 0 Å². The van der Waals surface area contributed by atoms with Gasteiger partial charge in [-0.15, -0.1) is 0 Å². The van der Waals surface area contributed by atoms with E-state index in [-0.39, 0.29) is 5.15 Å². The minimum Gasteiger partial charge on any atom is -0.473 e. The van der Waals surface area contributed by atoms with Crippen molar-refractivity contribution in [3.8, 4) is 11.9 Å². The smallest absolute Gasteiger partial charge is 0.216 e. The van der Waals surface area contributed by atoms with Gasteiger partial charge in [0.1, 0.15) is 11.8 Å². The second-order valence-corrected chi connectivity index (χ2v) is 2.62. The molecule has 0 saturated heterocycles. The maximum absolute atomic E-state index is 8.60.